The molecule has 0 radical (unpaired) electrons. The monoisotopic (exact) mass is 324 g/mol. The van der Waals surface area contributed by atoms with E-state index in [-0.39, 0.29) is 17.6 Å². The van der Waals surface area contributed by atoms with Crippen molar-refractivity contribution in [2.75, 3.05) is 12.4 Å². The predicted octanol–water partition coefficient (Wildman–Crippen LogP) is 5.45. The van der Waals surface area contributed by atoms with Gasteiger partial charge in [0.1, 0.15) is 5.25 Å². The van der Waals surface area contributed by atoms with Crippen LogP contribution in [0.5, 0.6) is 0 Å². The van der Waals surface area contributed by atoms with Crippen molar-refractivity contribution in [3.63, 3.8) is 0 Å². The van der Waals surface area contributed by atoms with Crippen LogP contribution in [0.4, 0.5) is 8.78 Å². The van der Waals surface area contributed by atoms with Gasteiger partial charge in [0.05, 0.1) is 6.61 Å². The average molecular weight is 324 g/mol. The first-order valence-corrected chi connectivity index (χ1v) is 9.23. The second-order valence-corrected chi connectivity index (χ2v) is 6.57. The lowest BCUT2D eigenvalue weighted by atomic mass is 10.2. The lowest BCUT2D eigenvalue weighted by Crippen LogP contribution is -2.21. The maximum Gasteiger partial charge on any atom is 0.319 e. The fourth-order valence-corrected chi connectivity index (χ4v) is 3.18. The van der Waals surface area contributed by atoms with Crippen molar-refractivity contribution in [3.8, 4) is 0 Å². The minimum absolute atomic E-state index is 0.00928. The molecule has 126 valence electrons. The van der Waals surface area contributed by atoms with E-state index in [1.807, 2.05) is 0 Å². The average Bonchev–Trinajstić information content (AvgIpc) is 2.45. The van der Waals surface area contributed by atoms with E-state index < -0.39 is 6.43 Å². The molecule has 0 saturated heterocycles. The molecule has 0 spiro atoms. The van der Waals surface area contributed by atoms with Gasteiger partial charge in [0.25, 0.3) is 0 Å². The number of hydrogen-bond acceptors (Lipinski definition) is 3. The van der Waals surface area contributed by atoms with E-state index in [0.29, 0.717) is 13.0 Å². The van der Waals surface area contributed by atoms with Crippen LogP contribution in [0, 0.1) is 0 Å². The molecular formula is C16H30F2O2S. The molecule has 0 aliphatic carbocycles. The molecule has 2 nitrogen and oxygen atoms in total. The third-order valence-electron chi connectivity index (χ3n) is 3.19. The van der Waals surface area contributed by atoms with Crippen molar-refractivity contribution in [2.24, 2.45) is 0 Å². The Balaban J connectivity index is 3.70. The number of carbonyl (C=O) groups excluding carboxylic acids is 1. The Hall–Kier alpha value is -0.320. The van der Waals surface area contributed by atoms with Crippen molar-refractivity contribution in [2.45, 2.75) is 83.3 Å². The van der Waals surface area contributed by atoms with Crippen LogP contribution in [0.15, 0.2) is 0 Å². The molecule has 5 heteroatoms. The summed E-state index contributed by atoms with van der Waals surface area (Å²) in [5.41, 5.74) is 0. The molecule has 0 aliphatic rings. The van der Waals surface area contributed by atoms with Gasteiger partial charge in [-0.25, -0.2) is 8.78 Å². The van der Waals surface area contributed by atoms with Crippen molar-refractivity contribution in [1.29, 1.82) is 0 Å². The highest BCUT2D eigenvalue weighted by Crippen LogP contribution is 2.20. The summed E-state index contributed by atoms with van der Waals surface area (Å²) in [7, 11) is 0. The minimum atomic E-state index is -2.17. The van der Waals surface area contributed by atoms with Crippen molar-refractivity contribution < 1.29 is 18.3 Å². The second kappa shape index (κ2) is 14.6. The number of halogens is 2. The number of rotatable bonds is 14. The minimum Gasteiger partial charge on any atom is -0.465 e. The van der Waals surface area contributed by atoms with Gasteiger partial charge in [0.15, 0.2) is 0 Å². The van der Waals surface area contributed by atoms with Gasteiger partial charge in [-0.1, -0.05) is 39.5 Å². The molecule has 0 rings (SSSR count). The molecule has 0 aliphatic heterocycles. The molecule has 21 heavy (non-hydrogen) atoms. The number of thioether (sulfide) groups is 1. The van der Waals surface area contributed by atoms with Gasteiger partial charge in [0, 0.05) is 6.42 Å². The molecule has 0 heterocycles. The Morgan fingerprint density at radius 1 is 1.00 bits per heavy atom. The third kappa shape index (κ3) is 13.1. The Kier molecular flexibility index (Phi) is 14.4. The SMILES string of the molecule is CCCCOC(=O)C(CCC)SCCCCCCC(F)F. The van der Waals surface area contributed by atoms with Crippen LogP contribution in [0.1, 0.15) is 71.6 Å². The second-order valence-electron chi connectivity index (χ2n) is 5.26. The molecule has 0 saturated carbocycles. The summed E-state index contributed by atoms with van der Waals surface area (Å²) in [6.45, 7) is 4.65. The van der Waals surface area contributed by atoms with Crippen LogP contribution in [-0.4, -0.2) is 30.0 Å². The summed E-state index contributed by atoms with van der Waals surface area (Å²) in [6.07, 6.45) is 4.98. The highest BCUT2D eigenvalue weighted by molar-refractivity contribution is 8.00. The number of unbranched alkanes of at least 4 members (excludes halogenated alkanes) is 4. The zero-order valence-corrected chi connectivity index (χ0v) is 14.2. The number of esters is 1. The molecule has 0 aromatic carbocycles. The molecule has 0 bridgehead atoms. The van der Waals surface area contributed by atoms with E-state index in [1.54, 1.807) is 11.8 Å². The Labute approximate surface area is 132 Å². The van der Waals surface area contributed by atoms with Crippen LogP contribution < -0.4 is 0 Å². The van der Waals surface area contributed by atoms with Crippen LogP contribution in [0.25, 0.3) is 0 Å². The first kappa shape index (κ1) is 20.7. The van der Waals surface area contributed by atoms with E-state index >= 15 is 0 Å². The maximum atomic E-state index is 12.0. The summed E-state index contributed by atoms with van der Waals surface area (Å²) in [4.78, 5) is 11.9. The van der Waals surface area contributed by atoms with E-state index in [9.17, 15) is 13.6 Å². The molecule has 0 amide bonds. The quantitative estimate of drug-likeness (QED) is 0.314. The molecule has 0 fully saturated rings. The first-order chi connectivity index (χ1) is 10.1. The lowest BCUT2D eigenvalue weighted by Gasteiger charge is -2.14. The zero-order valence-electron chi connectivity index (χ0n) is 13.4. The Morgan fingerprint density at radius 3 is 2.33 bits per heavy atom. The van der Waals surface area contributed by atoms with Gasteiger partial charge in [-0.2, -0.15) is 0 Å². The summed E-state index contributed by atoms with van der Waals surface area (Å²) in [5.74, 6) is 0.815. The van der Waals surface area contributed by atoms with Crippen LogP contribution in [-0.2, 0) is 9.53 Å². The number of hydrogen-bond donors (Lipinski definition) is 0. The van der Waals surface area contributed by atoms with Crippen LogP contribution >= 0.6 is 11.8 Å². The summed E-state index contributed by atoms with van der Waals surface area (Å²) in [6, 6.07) is 0. The number of ether oxygens (including phenoxy) is 1. The van der Waals surface area contributed by atoms with E-state index in [4.69, 9.17) is 4.74 Å². The number of carbonyl (C=O) groups is 1. The van der Waals surface area contributed by atoms with Crippen LogP contribution in [0.2, 0.25) is 0 Å². The van der Waals surface area contributed by atoms with E-state index in [2.05, 4.69) is 13.8 Å². The molecule has 0 aromatic rings. The van der Waals surface area contributed by atoms with Gasteiger partial charge in [-0.3, -0.25) is 4.79 Å². The summed E-state index contributed by atoms with van der Waals surface area (Å²) < 4.78 is 29.2. The van der Waals surface area contributed by atoms with Gasteiger partial charge < -0.3 is 4.74 Å². The van der Waals surface area contributed by atoms with E-state index in [1.165, 1.54) is 0 Å². The normalized spacial score (nSPS) is 12.6. The molecule has 1 unspecified atom stereocenters. The Bertz CT molecular complexity index is 250. The van der Waals surface area contributed by atoms with Crippen molar-refractivity contribution >= 4 is 17.7 Å². The smallest absolute Gasteiger partial charge is 0.319 e. The molecule has 1 atom stereocenters. The third-order valence-corrected chi connectivity index (χ3v) is 4.55. The van der Waals surface area contributed by atoms with Crippen molar-refractivity contribution in [1.82, 2.24) is 0 Å². The summed E-state index contributed by atoms with van der Waals surface area (Å²) in [5, 5.41) is -0.0621. The number of alkyl halides is 2. The Morgan fingerprint density at radius 2 is 1.71 bits per heavy atom. The fraction of sp³-hybridized carbons (Fsp3) is 0.938. The highest BCUT2D eigenvalue weighted by Gasteiger charge is 2.19. The van der Waals surface area contributed by atoms with E-state index in [0.717, 1.165) is 50.7 Å². The molecule has 0 aromatic heterocycles. The van der Waals surface area contributed by atoms with Crippen molar-refractivity contribution in [3.05, 3.63) is 0 Å². The topological polar surface area (TPSA) is 26.3 Å². The summed E-state index contributed by atoms with van der Waals surface area (Å²) >= 11 is 1.65. The van der Waals surface area contributed by atoms with Crippen LogP contribution in [0.3, 0.4) is 0 Å². The maximum absolute atomic E-state index is 12.0. The largest absolute Gasteiger partial charge is 0.465 e. The standard InChI is InChI=1S/C16H30F2O2S/c1-3-5-12-20-16(19)14(10-4-2)21-13-9-7-6-8-11-15(17)18/h14-15H,3-13H2,1-2H3. The van der Waals surface area contributed by atoms with Gasteiger partial charge in [-0.05, 0) is 31.4 Å². The first-order valence-electron chi connectivity index (χ1n) is 8.18. The molecule has 0 N–H and O–H groups in total. The van der Waals surface area contributed by atoms with Gasteiger partial charge in [-0.15, -0.1) is 11.8 Å². The zero-order chi connectivity index (χ0) is 15.9. The van der Waals surface area contributed by atoms with Gasteiger partial charge in [0.2, 0.25) is 6.43 Å². The predicted molar refractivity (Wildman–Crippen MR) is 86.1 cm³/mol. The highest BCUT2D eigenvalue weighted by atomic mass is 32.2. The van der Waals surface area contributed by atoms with Gasteiger partial charge >= 0.3 is 5.97 Å². The molecular weight excluding hydrogens is 294 g/mol. The lowest BCUT2D eigenvalue weighted by molar-refractivity contribution is -0.143. The fourth-order valence-electron chi connectivity index (χ4n) is 1.92.